The highest BCUT2D eigenvalue weighted by Gasteiger charge is 2.41. The summed E-state index contributed by atoms with van der Waals surface area (Å²) in [6.45, 7) is 19.4. The van der Waals surface area contributed by atoms with Crippen molar-refractivity contribution in [1.29, 1.82) is 0 Å². The average Bonchev–Trinajstić information content (AvgIpc) is 3.12. The van der Waals surface area contributed by atoms with Crippen LogP contribution in [0, 0.1) is 10.8 Å². The van der Waals surface area contributed by atoms with Crippen LogP contribution in [-0.2, 0) is 38.2 Å². The van der Waals surface area contributed by atoms with Crippen molar-refractivity contribution in [2.24, 2.45) is 10.8 Å². The zero-order valence-corrected chi connectivity index (χ0v) is 35.6. The molecule has 0 amide bonds. The van der Waals surface area contributed by atoms with Crippen LogP contribution in [0.4, 0.5) is 0 Å². The Labute approximate surface area is 343 Å². The van der Waals surface area contributed by atoms with Crippen molar-refractivity contribution in [3.05, 3.63) is 130 Å². The summed E-state index contributed by atoms with van der Waals surface area (Å²) in [4.78, 5) is 71.7. The van der Waals surface area contributed by atoms with E-state index in [0.29, 0.717) is 24.0 Å². The monoisotopic (exact) mass is 796 g/mol. The van der Waals surface area contributed by atoms with E-state index < -0.39 is 46.9 Å². The third-order valence-electron chi connectivity index (χ3n) is 9.91. The van der Waals surface area contributed by atoms with Crippen LogP contribution < -0.4 is 0 Å². The first-order valence-electron chi connectivity index (χ1n) is 19.5. The molecule has 0 radical (unpaired) electrons. The summed E-state index contributed by atoms with van der Waals surface area (Å²) in [5.41, 5.74) is 6.02. The Morgan fingerprint density at radius 3 is 1.19 bits per heavy atom. The van der Waals surface area contributed by atoms with Gasteiger partial charge in [0.25, 0.3) is 0 Å². The van der Waals surface area contributed by atoms with Gasteiger partial charge in [-0.25, -0.2) is 0 Å². The van der Waals surface area contributed by atoms with Crippen molar-refractivity contribution in [2.75, 3.05) is 0 Å². The summed E-state index contributed by atoms with van der Waals surface area (Å²) in [6, 6.07) is 0. The maximum atomic E-state index is 13.0. The van der Waals surface area contributed by atoms with Crippen LogP contribution in [0.25, 0.3) is 0 Å². The number of aliphatic carboxylic acids is 2. The molecule has 2 rings (SSSR count). The van der Waals surface area contributed by atoms with E-state index in [9.17, 15) is 28.8 Å². The number of ether oxygens (including phenoxy) is 2. The second kappa shape index (κ2) is 22.3. The maximum absolute atomic E-state index is 13.0. The molecule has 0 aromatic carbocycles. The van der Waals surface area contributed by atoms with Gasteiger partial charge in [0.15, 0.2) is 23.8 Å². The van der Waals surface area contributed by atoms with Crippen molar-refractivity contribution in [3.63, 3.8) is 0 Å². The van der Waals surface area contributed by atoms with Gasteiger partial charge in [0.2, 0.25) is 0 Å². The second-order valence-electron chi connectivity index (χ2n) is 16.1. The van der Waals surface area contributed by atoms with Crippen LogP contribution in [0.2, 0.25) is 0 Å². The molecule has 58 heavy (non-hydrogen) atoms. The smallest absolute Gasteiger partial charge is 0.307 e. The Hall–Kier alpha value is -5.64. The summed E-state index contributed by atoms with van der Waals surface area (Å²) >= 11 is 0. The van der Waals surface area contributed by atoms with Crippen molar-refractivity contribution in [2.45, 2.75) is 120 Å². The molecule has 312 valence electrons. The molecular formula is C48H60O10. The highest BCUT2D eigenvalue weighted by atomic mass is 16.6. The van der Waals surface area contributed by atoms with E-state index in [1.54, 1.807) is 13.8 Å². The van der Waals surface area contributed by atoms with E-state index >= 15 is 0 Å². The normalized spacial score (nSPS) is 21.1. The first kappa shape index (κ1) is 48.5. The van der Waals surface area contributed by atoms with Crippen LogP contribution in [-0.4, -0.2) is 57.9 Å². The number of esters is 2. The van der Waals surface area contributed by atoms with Gasteiger partial charge >= 0.3 is 23.9 Å². The van der Waals surface area contributed by atoms with Crippen molar-refractivity contribution >= 4 is 35.4 Å². The molecule has 0 saturated carbocycles. The molecule has 2 aliphatic carbocycles. The van der Waals surface area contributed by atoms with Gasteiger partial charge in [-0.2, -0.15) is 0 Å². The molecule has 10 nitrogen and oxygen atoms in total. The molecule has 0 spiro atoms. The van der Waals surface area contributed by atoms with E-state index in [1.165, 1.54) is 0 Å². The average molecular weight is 797 g/mol. The minimum absolute atomic E-state index is 0.263. The molecule has 0 heterocycles. The number of hydrogen-bond donors (Lipinski definition) is 2. The van der Waals surface area contributed by atoms with Gasteiger partial charge in [-0.3, -0.25) is 28.8 Å². The summed E-state index contributed by atoms with van der Waals surface area (Å²) in [5, 5.41) is 17.6. The van der Waals surface area contributed by atoms with E-state index in [0.717, 1.165) is 33.4 Å². The number of carbonyl (C=O) groups is 6. The molecular weight excluding hydrogens is 737 g/mol. The molecule has 0 aromatic heterocycles. The molecule has 0 bridgehead atoms. The fourth-order valence-corrected chi connectivity index (χ4v) is 6.61. The van der Waals surface area contributed by atoms with E-state index in [-0.39, 0.29) is 37.2 Å². The van der Waals surface area contributed by atoms with Gasteiger partial charge in [0.1, 0.15) is 0 Å². The van der Waals surface area contributed by atoms with Gasteiger partial charge in [-0.15, -0.1) is 0 Å². The number of carbonyl (C=O) groups excluding carboxylic acids is 4. The van der Waals surface area contributed by atoms with E-state index in [1.807, 2.05) is 140 Å². The van der Waals surface area contributed by atoms with Gasteiger partial charge in [0, 0.05) is 12.8 Å². The Kier molecular flexibility index (Phi) is 18.7. The number of hydrogen-bond acceptors (Lipinski definition) is 8. The standard InChI is InChI=1S/C48H60O10/c1-31(17-13-19-33(3)21-23-37-35(5)45(55)39(29-47(37,7)8)57-43(53)27-25-41(49)50)15-11-12-16-32(2)18-14-20-34(4)22-24-38-36(6)46(56)40(30-48(38,9)10)58-44(54)28-26-42(51)52/h11-24,39-40H,25-30H2,1-10H3,(H,49,50)(H,51,52). The Morgan fingerprint density at radius 2 is 0.862 bits per heavy atom. The third-order valence-corrected chi connectivity index (χ3v) is 9.91. The molecule has 2 atom stereocenters. The lowest BCUT2D eigenvalue weighted by atomic mass is 9.71. The summed E-state index contributed by atoms with van der Waals surface area (Å²) in [5.74, 6) is -4.09. The molecule has 0 aromatic rings. The first-order valence-corrected chi connectivity index (χ1v) is 19.5. The highest BCUT2D eigenvalue weighted by Crippen LogP contribution is 2.42. The van der Waals surface area contributed by atoms with Crippen molar-refractivity contribution in [3.8, 4) is 0 Å². The molecule has 0 aliphatic heterocycles. The molecule has 2 N–H and O–H groups in total. The summed E-state index contributed by atoms with van der Waals surface area (Å²) in [7, 11) is 0. The van der Waals surface area contributed by atoms with Gasteiger partial charge in [-0.1, -0.05) is 135 Å². The predicted octanol–water partition coefficient (Wildman–Crippen LogP) is 9.74. The van der Waals surface area contributed by atoms with Crippen molar-refractivity contribution in [1.82, 2.24) is 0 Å². The molecule has 0 saturated heterocycles. The Balaban J connectivity index is 1.97. The van der Waals surface area contributed by atoms with Crippen molar-refractivity contribution < 1.29 is 48.5 Å². The summed E-state index contributed by atoms with van der Waals surface area (Å²) in [6.07, 6.45) is 25.2. The van der Waals surface area contributed by atoms with Gasteiger partial charge < -0.3 is 19.7 Å². The zero-order valence-electron chi connectivity index (χ0n) is 35.6. The molecule has 2 unspecified atom stereocenters. The van der Waals surface area contributed by atoms with E-state index in [2.05, 4.69) is 0 Å². The topological polar surface area (TPSA) is 161 Å². The van der Waals surface area contributed by atoms with Crippen LogP contribution in [0.15, 0.2) is 130 Å². The Morgan fingerprint density at radius 1 is 0.552 bits per heavy atom. The van der Waals surface area contributed by atoms with Gasteiger partial charge in [-0.05, 0) is 74.7 Å². The van der Waals surface area contributed by atoms with E-state index in [4.69, 9.17) is 19.7 Å². The first-order chi connectivity index (χ1) is 27.0. The number of allylic oxidation sites excluding steroid dienone is 20. The fraction of sp³-hybridized carbons (Fsp3) is 0.417. The SMILES string of the molecule is CC(C=CC=C(C)C=CC1=C(C)C(=O)C(OC(=O)CCC(=O)O)CC1(C)C)=CC=CC=C(C)C=CC=C(C)C=CC1=C(C)C(=O)C(OC(=O)CCC(=O)O)CC1(C)C. The van der Waals surface area contributed by atoms with Crippen LogP contribution in [0.3, 0.4) is 0 Å². The quantitative estimate of drug-likeness (QED) is 0.101. The number of carboxylic acids is 2. The largest absolute Gasteiger partial charge is 0.481 e. The lowest BCUT2D eigenvalue weighted by Crippen LogP contribution is -2.39. The third kappa shape index (κ3) is 16.1. The highest BCUT2D eigenvalue weighted by molar-refractivity contribution is 6.02. The number of Topliss-reactive ketones (excluding diaryl/α,β-unsaturated/α-hetero) is 2. The lowest BCUT2D eigenvalue weighted by Gasteiger charge is -2.36. The number of ketones is 2. The Bertz CT molecular complexity index is 1820. The predicted molar refractivity (Wildman–Crippen MR) is 226 cm³/mol. The van der Waals surface area contributed by atoms with Crippen LogP contribution >= 0.6 is 0 Å². The fourth-order valence-electron chi connectivity index (χ4n) is 6.61. The number of carboxylic acid groups (broad SMARTS) is 2. The summed E-state index contributed by atoms with van der Waals surface area (Å²) < 4.78 is 10.7. The molecule has 10 heteroatoms. The molecule has 2 aliphatic rings. The molecule has 0 fully saturated rings. The lowest BCUT2D eigenvalue weighted by molar-refractivity contribution is -0.157. The van der Waals surface area contributed by atoms with Crippen LogP contribution in [0.1, 0.15) is 108 Å². The zero-order chi connectivity index (χ0) is 43.8. The number of rotatable bonds is 18. The second-order valence-corrected chi connectivity index (χ2v) is 16.1. The van der Waals surface area contributed by atoms with Crippen LogP contribution in [0.5, 0.6) is 0 Å². The minimum atomic E-state index is -1.09. The maximum Gasteiger partial charge on any atom is 0.307 e. The minimum Gasteiger partial charge on any atom is -0.481 e. The van der Waals surface area contributed by atoms with Gasteiger partial charge in [0.05, 0.1) is 25.7 Å².